The summed E-state index contributed by atoms with van der Waals surface area (Å²) in [5.41, 5.74) is 2.84. The molecule has 0 amide bonds. The predicted octanol–water partition coefficient (Wildman–Crippen LogP) is 4.79. The van der Waals surface area contributed by atoms with E-state index in [4.69, 9.17) is 0 Å². The van der Waals surface area contributed by atoms with Gasteiger partial charge in [0.2, 0.25) is 0 Å². The molecule has 1 unspecified atom stereocenters. The number of hydrogen-bond donors (Lipinski definition) is 0. The molecule has 0 aliphatic heterocycles. The Morgan fingerprint density at radius 3 is 2.50 bits per heavy atom. The second kappa shape index (κ2) is 5.25. The fourth-order valence-corrected chi connectivity index (χ4v) is 2.83. The van der Waals surface area contributed by atoms with Gasteiger partial charge >= 0.3 is 0 Å². The highest BCUT2D eigenvalue weighted by atomic mass is 79.9. The molecule has 2 aromatic carbocycles. The number of rotatable bonds is 2. The molecule has 0 aliphatic rings. The minimum Gasteiger partial charge on any atom is -0.283 e. The molecule has 0 radical (unpaired) electrons. The minimum absolute atomic E-state index is 0.0000227. The average molecular weight is 328 g/mol. The normalized spacial score (nSPS) is 12.5. The van der Waals surface area contributed by atoms with Crippen molar-refractivity contribution in [1.82, 2.24) is 4.57 Å². The van der Waals surface area contributed by atoms with Gasteiger partial charge in [-0.3, -0.25) is 9.36 Å². The molecular weight excluding hydrogens is 314 g/mol. The van der Waals surface area contributed by atoms with Crippen molar-refractivity contribution in [3.05, 3.63) is 71.9 Å². The second-order valence-corrected chi connectivity index (χ2v) is 6.13. The van der Waals surface area contributed by atoms with Crippen LogP contribution in [0.15, 0.2) is 60.8 Å². The number of carbonyl (C=O) groups excluding carboxylic acids is 1. The van der Waals surface area contributed by atoms with E-state index in [1.807, 2.05) is 54.7 Å². The first-order valence-electron chi connectivity index (χ1n) is 6.52. The first-order valence-corrected chi connectivity index (χ1v) is 7.44. The zero-order valence-corrected chi connectivity index (χ0v) is 12.7. The summed E-state index contributed by atoms with van der Waals surface area (Å²) in [5, 5.41) is 1.11. The Balaban J connectivity index is 2.14. The number of carbonyl (C=O) groups is 1. The van der Waals surface area contributed by atoms with Crippen LogP contribution in [0.2, 0.25) is 0 Å². The molecule has 1 heterocycles. The van der Waals surface area contributed by atoms with Crippen LogP contribution in [-0.4, -0.2) is 10.5 Å². The summed E-state index contributed by atoms with van der Waals surface area (Å²) in [6.45, 7) is 2.09. The van der Waals surface area contributed by atoms with Gasteiger partial charge in [-0.1, -0.05) is 46.3 Å². The van der Waals surface area contributed by atoms with Gasteiger partial charge in [-0.25, -0.2) is 0 Å². The van der Waals surface area contributed by atoms with Crippen LogP contribution < -0.4 is 0 Å². The fourth-order valence-electron chi connectivity index (χ4n) is 2.44. The largest absolute Gasteiger partial charge is 0.283 e. The first kappa shape index (κ1) is 13.1. The van der Waals surface area contributed by atoms with Crippen molar-refractivity contribution in [3.63, 3.8) is 0 Å². The maximum Gasteiger partial charge on any atom is 0.262 e. The van der Waals surface area contributed by atoms with E-state index >= 15 is 0 Å². The molecular formula is C17H14BrNO. The third-order valence-electron chi connectivity index (χ3n) is 3.43. The lowest BCUT2D eigenvalue weighted by Crippen LogP contribution is -2.10. The van der Waals surface area contributed by atoms with Crippen molar-refractivity contribution < 1.29 is 4.79 Å². The summed E-state index contributed by atoms with van der Waals surface area (Å²) in [6, 6.07) is 17.4. The Labute approximate surface area is 126 Å². The second-order valence-electron chi connectivity index (χ2n) is 4.75. The lowest BCUT2D eigenvalue weighted by Gasteiger charge is -2.08. The molecule has 3 heteroatoms. The van der Waals surface area contributed by atoms with E-state index in [0.717, 1.165) is 10.9 Å². The topological polar surface area (TPSA) is 22.0 Å². The summed E-state index contributed by atoms with van der Waals surface area (Å²) in [4.78, 5) is 12.8. The quantitative estimate of drug-likeness (QED) is 0.620. The molecule has 0 spiro atoms. The van der Waals surface area contributed by atoms with Crippen molar-refractivity contribution in [1.29, 1.82) is 0 Å². The molecule has 0 N–H and O–H groups in total. The fraction of sp³-hybridized carbons (Fsp3) is 0.118. The third-order valence-corrected chi connectivity index (χ3v) is 3.93. The molecule has 20 heavy (non-hydrogen) atoms. The van der Waals surface area contributed by atoms with E-state index in [1.54, 1.807) is 4.57 Å². The van der Waals surface area contributed by atoms with E-state index in [-0.39, 0.29) is 10.7 Å². The van der Waals surface area contributed by atoms with Crippen LogP contribution in [-0.2, 0) is 0 Å². The summed E-state index contributed by atoms with van der Waals surface area (Å²) in [7, 11) is 0. The third kappa shape index (κ3) is 2.18. The Bertz CT molecular complexity index is 759. The molecule has 100 valence electrons. The molecule has 0 saturated carbocycles. The lowest BCUT2D eigenvalue weighted by molar-refractivity contribution is 0.0965. The van der Waals surface area contributed by atoms with Crippen LogP contribution in [0.5, 0.6) is 0 Å². The van der Waals surface area contributed by atoms with Crippen molar-refractivity contribution in [2.45, 2.75) is 11.8 Å². The van der Waals surface area contributed by atoms with Gasteiger partial charge in [0.25, 0.3) is 5.91 Å². The molecule has 0 fully saturated rings. The highest BCUT2D eigenvalue weighted by molar-refractivity contribution is 9.09. The number of halogens is 1. The van der Waals surface area contributed by atoms with Gasteiger partial charge in [0.05, 0.1) is 5.52 Å². The van der Waals surface area contributed by atoms with Crippen molar-refractivity contribution in [2.75, 3.05) is 0 Å². The number of hydrogen-bond acceptors (Lipinski definition) is 1. The van der Waals surface area contributed by atoms with Gasteiger partial charge in [0.15, 0.2) is 0 Å². The first-order chi connectivity index (χ1) is 9.68. The monoisotopic (exact) mass is 327 g/mol. The Kier molecular flexibility index (Phi) is 3.45. The van der Waals surface area contributed by atoms with E-state index in [1.165, 1.54) is 5.56 Å². The van der Waals surface area contributed by atoms with Crippen LogP contribution in [0.3, 0.4) is 0 Å². The van der Waals surface area contributed by atoms with Crippen LogP contribution in [0, 0.1) is 0 Å². The number of fused-ring (bicyclic) bond motifs is 1. The molecule has 1 atom stereocenters. The van der Waals surface area contributed by atoms with E-state index < -0.39 is 0 Å². The zero-order chi connectivity index (χ0) is 14.1. The summed E-state index contributed by atoms with van der Waals surface area (Å²) in [6.07, 6.45) is 1.85. The zero-order valence-electron chi connectivity index (χ0n) is 11.1. The molecule has 3 aromatic rings. The van der Waals surface area contributed by atoms with Crippen LogP contribution in [0.25, 0.3) is 10.9 Å². The maximum atomic E-state index is 12.6. The predicted molar refractivity (Wildman–Crippen MR) is 85.5 cm³/mol. The van der Waals surface area contributed by atoms with E-state index in [2.05, 4.69) is 28.9 Å². The number of nitrogens with zero attached hydrogens (tertiary/aromatic N) is 1. The summed E-state index contributed by atoms with van der Waals surface area (Å²) in [5.74, 6) is -0.0000227. The molecule has 0 saturated heterocycles. The SMILES string of the molecule is CC(Br)c1cccc2c1ccn2C(=O)c1ccccc1. The minimum atomic E-state index is -0.0000227. The van der Waals surface area contributed by atoms with Gasteiger partial charge in [-0.2, -0.15) is 0 Å². The summed E-state index contributed by atoms with van der Waals surface area (Å²) < 4.78 is 1.71. The molecule has 3 rings (SSSR count). The summed E-state index contributed by atoms with van der Waals surface area (Å²) >= 11 is 3.60. The van der Waals surface area contributed by atoms with Gasteiger partial charge in [-0.15, -0.1) is 0 Å². The number of benzene rings is 2. The van der Waals surface area contributed by atoms with E-state index in [9.17, 15) is 4.79 Å². The Hall–Kier alpha value is -1.87. The Morgan fingerprint density at radius 1 is 1.05 bits per heavy atom. The standard InChI is InChI=1S/C17H14BrNO/c1-12(18)14-8-5-9-16-15(14)10-11-19(16)17(20)13-6-3-2-4-7-13/h2-12H,1H3. The van der Waals surface area contributed by atoms with Crippen LogP contribution in [0.1, 0.15) is 27.7 Å². The van der Waals surface area contributed by atoms with Crippen LogP contribution >= 0.6 is 15.9 Å². The molecule has 0 bridgehead atoms. The molecule has 2 nitrogen and oxygen atoms in total. The maximum absolute atomic E-state index is 12.6. The average Bonchev–Trinajstić information content (AvgIpc) is 2.91. The van der Waals surface area contributed by atoms with Crippen LogP contribution in [0.4, 0.5) is 0 Å². The Morgan fingerprint density at radius 2 is 1.80 bits per heavy atom. The van der Waals surface area contributed by atoms with Gasteiger partial charge in [0, 0.05) is 22.0 Å². The van der Waals surface area contributed by atoms with Gasteiger partial charge < -0.3 is 0 Å². The molecule has 0 aliphatic carbocycles. The molecule has 1 aromatic heterocycles. The lowest BCUT2D eigenvalue weighted by atomic mass is 10.1. The highest BCUT2D eigenvalue weighted by Crippen LogP contribution is 2.30. The van der Waals surface area contributed by atoms with Gasteiger partial charge in [0.1, 0.15) is 0 Å². The van der Waals surface area contributed by atoms with Crippen molar-refractivity contribution in [2.24, 2.45) is 0 Å². The van der Waals surface area contributed by atoms with E-state index in [0.29, 0.717) is 5.56 Å². The smallest absolute Gasteiger partial charge is 0.262 e. The number of aromatic nitrogens is 1. The number of alkyl halides is 1. The van der Waals surface area contributed by atoms with Crippen molar-refractivity contribution in [3.8, 4) is 0 Å². The highest BCUT2D eigenvalue weighted by Gasteiger charge is 2.14. The van der Waals surface area contributed by atoms with Crippen molar-refractivity contribution >= 4 is 32.7 Å². The van der Waals surface area contributed by atoms with Gasteiger partial charge in [-0.05, 0) is 36.8 Å².